The SMILES string of the molecule is CCOc1cccc(C2(NC)CCOCC2)c1. The molecule has 0 spiro atoms. The lowest BCUT2D eigenvalue weighted by Gasteiger charge is -2.37. The molecule has 94 valence electrons. The van der Waals surface area contributed by atoms with Crippen LogP contribution in [-0.2, 0) is 10.3 Å². The van der Waals surface area contributed by atoms with E-state index in [0.29, 0.717) is 6.61 Å². The van der Waals surface area contributed by atoms with Crippen molar-refractivity contribution in [2.45, 2.75) is 25.3 Å². The lowest BCUT2D eigenvalue weighted by Crippen LogP contribution is -2.44. The molecule has 0 saturated carbocycles. The zero-order valence-electron chi connectivity index (χ0n) is 10.7. The molecule has 0 aromatic heterocycles. The van der Waals surface area contributed by atoms with Crippen molar-refractivity contribution >= 4 is 0 Å². The van der Waals surface area contributed by atoms with E-state index in [4.69, 9.17) is 9.47 Å². The standard InChI is InChI=1S/C14H21NO2/c1-3-17-13-6-4-5-12(11-13)14(15-2)7-9-16-10-8-14/h4-6,11,15H,3,7-10H2,1-2H3. The van der Waals surface area contributed by atoms with Crippen LogP contribution in [0.15, 0.2) is 24.3 Å². The van der Waals surface area contributed by atoms with Crippen LogP contribution in [0.25, 0.3) is 0 Å². The molecule has 2 rings (SSSR count). The molecule has 1 aliphatic heterocycles. The van der Waals surface area contributed by atoms with Gasteiger partial charge in [0, 0.05) is 18.8 Å². The van der Waals surface area contributed by atoms with Gasteiger partial charge in [0.25, 0.3) is 0 Å². The van der Waals surface area contributed by atoms with Gasteiger partial charge < -0.3 is 14.8 Å². The highest BCUT2D eigenvalue weighted by molar-refractivity contribution is 5.33. The Morgan fingerprint density at radius 1 is 1.35 bits per heavy atom. The molecule has 0 bridgehead atoms. The number of benzene rings is 1. The second kappa shape index (κ2) is 5.52. The lowest BCUT2D eigenvalue weighted by molar-refractivity contribution is 0.0397. The van der Waals surface area contributed by atoms with Crippen LogP contribution in [0.2, 0.25) is 0 Å². The Kier molecular flexibility index (Phi) is 4.02. The summed E-state index contributed by atoms with van der Waals surface area (Å²) in [5.74, 6) is 0.950. The molecule has 1 aliphatic rings. The Morgan fingerprint density at radius 2 is 2.12 bits per heavy atom. The summed E-state index contributed by atoms with van der Waals surface area (Å²) in [6, 6.07) is 8.39. The number of hydrogen-bond acceptors (Lipinski definition) is 3. The van der Waals surface area contributed by atoms with Gasteiger partial charge in [0.2, 0.25) is 0 Å². The van der Waals surface area contributed by atoms with E-state index in [-0.39, 0.29) is 5.54 Å². The topological polar surface area (TPSA) is 30.5 Å². The summed E-state index contributed by atoms with van der Waals surface area (Å²) < 4.78 is 11.0. The van der Waals surface area contributed by atoms with Crippen molar-refractivity contribution in [1.82, 2.24) is 5.32 Å². The van der Waals surface area contributed by atoms with Gasteiger partial charge in [-0.2, -0.15) is 0 Å². The molecule has 17 heavy (non-hydrogen) atoms. The Hall–Kier alpha value is -1.06. The summed E-state index contributed by atoms with van der Waals surface area (Å²) in [6.45, 7) is 4.35. The smallest absolute Gasteiger partial charge is 0.119 e. The van der Waals surface area contributed by atoms with Crippen molar-refractivity contribution < 1.29 is 9.47 Å². The Labute approximate surface area is 103 Å². The number of nitrogens with one attached hydrogen (secondary N) is 1. The van der Waals surface area contributed by atoms with Crippen LogP contribution in [0, 0.1) is 0 Å². The van der Waals surface area contributed by atoms with Crippen LogP contribution in [0.3, 0.4) is 0 Å². The van der Waals surface area contributed by atoms with Crippen molar-refractivity contribution in [1.29, 1.82) is 0 Å². The molecule has 0 amide bonds. The third-order valence-electron chi connectivity index (χ3n) is 3.52. The van der Waals surface area contributed by atoms with Crippen LogP contribution in [0.1, 0.15) is 25.3 Å². The average Bonchev–Trinajstić information content (AvgIpc) is 2.40. The molecule has 1 N–H and O–H groups in total. The molecule has 3 nitrogen and oxygen atoms in total. The molecular weight excluding hydrogens is 214 g/mol. The maximum Gasteiger partial charge on any atom is 0.119 e. The molecule has 0 radical (unpaired) electrons. The third-order valence-corrected chi connectivity index (χ3v) is 3.52. The van der Waals surface area contributed by atoms with E-state index >= 15 is 0 Å². The van der Waals surface area contributed by atoms with Gasteiger partial charge in [-0.05, 0) is 44.5 Å². The first kappa shape index (κ1) is 12.4. The third kappa shape index (κ3) is 2.61. The fourth-order valence-electron chi connectivity index (χ4n) is 2.45. The predicted octanol–water partition coefficient (Wildman–Crippen LogP) is 2.31. The average molecular weight is 235 g/mol. The second-order valence-electron chi connectivity index (χ2n) is 4.41. The highest BCUT2D eigenvalue weighted by atomic mass is 16.5. The van der Waals surface area contributed by atoms with Crippen LogP contribution >= 0.6 is 0 Å². The van der Waals surface area contributed by atoms with Crippen molar-refractivity contribution in [3.05, 3.63) is 29.8 Å². The summed E-state index contributed by atoms with van der Waals surface area (Å²) in [7, 11) is 2.03. The number of hydrogen-bond donors (Lipinski definition) is 1. The monoisotopic (exact) mass is 235 g/mol. The minimum Gasteiger partial charge on any atom is -0.494 e. The van der Waals surface area contributed by atoms with Gasteiger partial charge in [-0.25, -0.2) is 0 Å². The highest BCUT2D eigenvalue weighted by Gasteiger charge is 2.32. The zero-order valence-corrected chi connectivity index (χ0v) is 10.7. The van der Waals surface area contributed by atoms with Crippen LogP contribution in [-0.4, -0.2) is 26.9 Å². The Bertz CT molecular complexity index is 359. The number of ether oxygens (including phenoxy) is 2. The summed E-state index contributed by atoms with van der Waals surface area (Å²) in [5, 5.41) is 3.47. The van der Waals surface area contributed by atoms with E-state index in [0.717, 1.165) is 31.8 Å². The van der Waals surface area contributed by atoms with E-state index in [1.165, 1.54) is 5.56 Å². The number of rotatable bonds is 4. The summed E-state index contributed by atoms with van der Waals surface area (Å²) in [6.07, 6.45) is 2.03. The van der Waals surface area contributed by atoms with E-state index in [9.17, 15) is 0 Å². The van der Waals surface area contributed by atoms with Crippen molar-refractivity contribution in [3.63, 3.8) is 0 Å². The van der Waals surface area contributed by atoms with E-state index in [1.54, 1.807) is 0 Å². The Balaban J connectivity index is 2.26. The van der Waals surface area contributed by atoms with Crippen LogP contribution < -0.4 is 10.1 Å². The molecule has 1 heterocycles. The first-order valence-corrected chi connectivity index (χ1v) is 6.31. The largest absolute Gasteiger partial charge is 0.494 e. The highest BCUT2D eigenvalue weighted by Crippen LogP contribution is 2.33. The van der Waals surface area contributed by atoms with Gasteiger partial charge in [-0.3, -0.25) is 0 Å². The molecule has 0 atom stereocenters. The van der Waals surface area contributed by atoms with Crippen LogP contribution in [0.5, 0.6) is 5.75 Å². The molecule has 0 aliphatic carbocycles. The van der Waals surface area contributed by atoms with E-state index < -0.39 is 0 Å². The van der Waals surface area contributed by atoms with Gasteiger partial charge in [-0.15, -0.1) is 0 Å². The Morgan fingerprint density at radius 3 is 2.76 bits per heavy atom. The molecule has 3 heteroatoms. The maximum atomic E-state index is 5.57. The van der Waals surface area contributed by atoms with Gasteiger partial charge in [0.1, 0.15) is 5.75 Å². The molecule has 1 saturated heterocycles. The normalized spacial score (nSPS) is 18.9. The molecular formula is C14H21NO2. The van der Waals surface area contributed by atoms with Gasteiger partial charge in [0.15, 0.2) is 0 Å². The van der Waals surface area contributed by atoms with Gasteiger partial charge >= 0.3 is 0 Å². The first-order valence-electron chi connectivity index (χ1n) is 6.31. The fraction of sp³-hybridized carbons (Fsp3) is 0.571. The van der Waals surface area contributed by atoms with Crippen LogP contribution in [0.4, 0.5) is 0 Å². The quantitative estimate of drug-likeness (QED) is 0.868. The summed E-state index contributed by atoms with van der Waals surface area (Å²) >= 11 is 0. The zero-order chi connectivity index (χ0) is 12.1. The first-order chi connectivity index (χ1) is 8.30. The summed E-state index contributed by atoms with van der Waals surface area (Å²) in [4.78, 5) is 0. The molecule has 1 aromatic rings. The molecule has 1 fully saturated rings. The van der Waals surface area contributed by atoms with Crippen molar-refractivity contribution in [2.24, 2.45) is 0 Å². The van der Waals surface area contributed by atoms with E-state index in [2.05, 4.69) is 23.5 Å². The van der Waals surface area contributed by atoms with Gasteiger partial charge in [-0.1, -0.05) is 12.1 Å². The minimum atomic E-state index is 0.0470. The molecule has 0 unspecified atom stereocenters. The molecule has 1 aromatic carbocycles. The van der Waals surface area contributed by atoms with Crippen molar-refractivity contribution in [2.75, 3.05) is 26.9 Å². The second-order valence-corrected chi connectivity index (χ2v) is 4.41. The maximum absolute atomic E-state index is 5.57. The van der Waals surface area contributed by atoms with Crippen molar-refractivity contribution in [3.8, 4) is 5.75 Å². The predicted molar refractivity (Wildman–Crippen MR) is 68.4 cm³/mol. The fourth-order valence-corrected chi connectivity index (χ4v) is 2.45. The summed E-state index contributed by atoms with van der Waals surface area (Å²) in [5.41, 5.74) is 1.35. The van der Waals surface area contributed by atoms with Gasteiger partial charge in [0.05, 0.1) is 6.61 Å². The van der Waals surface area contributed by atoms with E-state index in [1.807, 2.05) is 20.0 Å². The minimum absolute atomic E-state index is 0.0470. The lowest BCUT2D eigenvalue weighted by atomic mass is 9.83.